The minimum atomic E-state index is -0.304. The molecule has 6 rings (SSSR count). The molecular formula is C25H24FN7O. The lowest BCUT2D eigenvalue weighted by Gasteiger charge is -2.33. The molecule has 2 aliphatic rings. The number of rotatable bonds is 4. The molecule has 0 saturated carbocycles. The van der Waals surface area contributed by atoms with Crippen LogP contribution in [0.1, 0.15) is 15.9 Å². The molecule has 3 aromatic heterocycles. The molecule has 0 bridgehead atoms. The van der Waals surface area contributed by atoms with Crippen LogP contribution in [0.5, 0.6) is 0 Å². The van der Waals surface area contributed by atoms with Gasteiger partial charge < -0.3 is 25.4 Å². The predicted octanol–water partition coefficient (Wildman–Crippen LogP) is 3.50. The molecule has 1 amide bonds. The first kappa shape index (κ1) is 20.6. The van der Waals surface area contributed by atoms with E-state index in [1.165, 1.54) is 12.1 Å². The highest BCUT2D eigenvalue weighted by Crippen LogP contribution is 2.36. The van der Waals surface area contributed by atoms with E-state index in [9.17, 15) is 9.18 Å². The van der Waals surface area contributed by atoms with Gasteiger partial charge in [0.25, 0.3) is 5.91 Å². The summed E-state index contributed by atoms with van der Waals surface area (Å²) < 4.78 is 13.6. The molecular weight excluding hydrogens is 433 g/mol. The van der Waals surface area contributed by atoms with Crippen LogP contribution in [0.2, 0.25) is 0 Å². The molecule has 2 aliphatic heterocycles. The lowest BCUT2D eigenvalue weighted by atomic mass is 10.0. The monoisotopic (exact) mass is 457 g/mol. The fraction of sp³-hybridized carbons (Fsp3) is 0.240. The van der Waals surface area contributed by atoms with Crippen LogP contribution in [0.15, 0.2) is 48.9 Å². The number of anilines is 3. The number of nitrogens with zero attached hydrogens (tertiary/aromatic N) is 4. The van der Waals surface area contributed by atoms with Crippen LogP contribution < -0.4 is 15.5 Å². The van der Waals surface area contributed by atoms with Crippen molar-refractivity contribution < 1.29 is 9.18 Å². The van der Waals surface area contributed by atoms with Gasteiger partial charge in [0, 0.05) is 61.0 Å². The molecule has 34 heavy (non-hydrogen) atoms. The Bertz CT molecular complexity index is 1390. The fourth-order valence-electron chi connectivity index (χ4n) is 4.71. The van der Waals surface area contributed by atoms with Crippen molar-refractivity contribution in [3.63, 3.8) is 0 Å². The number of halogens is 1. The summed E-state index contributed by atoms with van der Waals surface area (Å²) >= 11 is 0. The molecule has 8 nitrogen and oxygen atoms in total. The SMILES string of the molecule is CN1CCN(c2ccc(Nc3cnc(-c4c[nH]c5cc(F)ccc45)c4c3C(=O)NC4)nc2)CC1. The van der Waals surface area contributed by atoms with Crippen LogP contribution in [0.4, 0.5) is 21.6 Å². The Hall–Kier alpha value is -3.98. The molecule has 5 heterocycles. The maximum Gasteiger partial charge on any atom is 0.254 e. The van der Waals surface area contributed by atoms with Gasteiger partial charge in [0.15, 0.2) is 0 Å². The number of pyridine rings is 2. The zero-order chi connectivity index (χ0) is 23.2. The van der Waals surface area contributed by atoms with Crippen LogP contribution in [-0.2, 0) is 6.54 Å². The number of piperazine rings is 1. The van der Waals surface area contributed by atoms with Crippen LogP contribution >= 0.6 is 0 Å². The molecule has 0 radical (unpaired) electrons. The number of nitrogens with one attached hydrogen (secondary N) is 3. The highest BCUT2D eigenvalue weighted by Gasteiger charge is 2.28. The highest BCUT2D eigenvalue weighted by atomic mass is 19.1. The summed E-state index contributed by atoms with van der Waals surface area (Å²) in [7, 11) is 2.13. The topological polar surface area (TPSA) is 89.2 Å². The Morgan fingerprint density at radius 1 is 1.06 bits per heavy atom. The first-order valence-corrected chi connectivity index (χ1v) is 11.3. The molecule has 0 unspecified atom stereocenters. The minimum Gasteiger partial charge on any atom is -0.368 e. The van der Waals surface area contributed by atoms with Crippen LogP contribution in [-0.4, -0.2) is 59.0 Å². The number of hydrogen-bond donors (Lipinski definition) is 3. The maximum atomic E-state index is 13.6. The second kappa shape index (κ2) is 8.11. The van der Waals surface area contributed by atoms with E-state index in [1.54, 1.807) is 18.5 Å². The van der Waals surface area contributed by atoms with Gasteiger partial charge in [-0.15, -0.1) is 0 Å². The molecule has 1 aromatic carbocycles. The van der Waals surface area contributed by atoms with Crippen molar-refractivity contribution in [3.8, 4) is 11.3 Å². The van der Waals surface area contributed by atoms with Gasteiger partial charge in [0.1, 0.15) is 11.6 Å². The number of fused-ring (bicyclic) bond motifs is 2. The van der Waals surface area contributed by atoms with Gasteiger partial charge in [0.2, 0.25) is 0 Å². The third-order valence-corrected chi connectivity index (χ3v) is 6.61. The summed E-state index contributed by atoms with van der Waals surface area (Å²) in [5.74, 6) is 0.194. The smallest absolute Gasteiger partial charge is 0.254 e. The van der Waals surface area contributed by atoms with E-state index < -0.39 is 0 Å². The van der Waals surface area contributed by atoms with E-state index >= 15 is 0 Å². The Balaban J connectivity index is 1.31. The van der Waals surface area contributed by atoms with Crippen molar-refractivity contribution in [2.45, 2.75) is 6.54 Å². The third-order valence-electron chi connectivity index (χ3n) is 6.61. The third kappa shape index (κ3) is 3.54. The summed E-state index contributed by atoms with van der Waals surface area (Å²) in [4.78, 5) is 29.7. The summed E-state index contributed by atoms with van der Waals surface area (Å²) in [6.07, 6.45) is 5.33. The maximum absolute atomic E-state index is 13.6. The highest BCUT2D eigenvalue weighted by molar-refractivity contribution is 6.07. The largest absolute Gasteiger partial charge is 0.368 e. The molecule has 0 spiro atoms. The molecule has 1 fully saturated rings. The zero-order valence-corrected chi connectivity index (χ0v) is 18.7. The van der Waals surface area contributed by atoms with Crippen molar-refractivity contribution in [2.75, 3.05) is 43.4 Å². The Morgan fingerprint density at radius 2 is 1.91 bits per heavy atom. The summed E-state index contributed by atoms with van der Waals surface area (Å²) in [5.41, 5.74) is 5.31. The quantitative estimate of drug-likeness (QED) is 0.435. The molecule has 0 aliphatic carbocycles. The standard InChI is InChI=1S/C25H24FN7O/c1-32-6-8-33(9-7-32)16-3-5-22(28-11-16)31-21-14-29-24(19-13-30-25(34)23(19)21)18-12-27-20-10-15(26)2-4-17(18)20/h2-5,10-12,14,27H,6-9,13H2,1H3,(H,28,31)(H,30,34). The number of likely N-dealkylation sites (N-methyl/N-ethyl adjacent to an activating group) is 1. The lowest BCUT2D eigenvalue weighted by Crippen LogP contribution is -2.44. The average Bonchev–Trinajstić information content (AvgIpc) is 3.44. The van der Waals surface area contributed by atoms with Crippen molar-refractivity contribution in [1.29, 1.82) is 0 Å². The number of carbonyl (C=O) groups excluding carboxylic acids is 1. The van der Waals surface area contributed by atoms with E-state index in [0.29, 0.717) is 34.8 Å². The molecule has 1 saturated heterocycles. The Morgan fingerprint density at radius 3 is 2.71 bits per heavy atom. The number of benzene rings is 1. The number of amides is 1. The van der Waals surface area contributed by atoms with Gasteiger partial charge in [0.05, 0.1) is 35.0 Å². The molecule has 3 N–H and O–H groups in total. The number of H-pyrrole nitrogens is 1. The summed E-state index contributed by atoms with van der Waals surface area (Å²) in [6, 6.07) is 8.59. The fourth-order valence-corrected chi connectivity index (χ4v) is 4.71. The van der Waals surface area contributed by atoms with Gasteiger partial charge >= 0.3 is 0 Å². The average molecular weight is 458 g/mol. The van der Waals surface area contributed by atoms with Crippen LogP contribution in [0.25, 0.3) is 22.2 Å². The van der Waals surface area contributed by atoms with E-state index in [4.69, 9.17) is 0 Å². The van der Waals surface area contributed by atoms with Crippen molar-refractivity contribution in [1.82, 2.24) is 25.2 Å². The molecule has 9 heteroatoms. The van der Waals surface area contributed by atoms with Crippen molar-refractivity contribution in [2.24, 2.45) is 0 Å². The van der Waals surface area contributed by atoms with Crippen LogP contribution in [0, 0.1) is 5.82 Å². The first-order valence-electron chi connectivity index (χ1n) is 11.3. The molecule has 0 atom stereocenters. The molecule has 4 aromatic rings. The van der Waals surface area contributed by atoms with Crippen LogP contribution in [0.3, 0.4) is 0 Å². The predicted molar refractivity (Wildman–Crippen MR) is 130 cm³/mol. The van der Waals surface area contributed by atoms with Gasteiger partial charge in [-0.25, -0.2) is 9.37 Å². The van der Waals surface area contributed by atoms with E-state index in [-0.39, 0.29) is 11.7 Å². The zero-order valence-electron chi connectivity index (χ0n) is 18.7. The number of aromatic amines is 1. The molecule has 172 valence electrons. The van der Waals surface area contributed by atoms with Gasteiger partial charge in [-0.3, -0.25) is 9.78 Å². The summed E-state index contributed by atoms with van der Waals surface area (Å²) in [6.45, 7) is 4.40. The second-order valence-corrected chi connectivity index (χ2v) is 8.77. The second-order valence-electron chi connectivity index (χ2n) is 8.77. The van der Waals surface area contributed by atoms with Gasteiger partial charge in [-0.1, -0.05) is 0 Å². The minimum absolute atomic E-state index is 0.152. The first-order chi connectivity index (χ1) is 16.6. The normalized spacial score (nSPS) is 16.1. The van der Waals surface area contributed by atoms with E-state index in [0.717, 1.165) is 48.4 Å². The number of carbonyl (C=O) groups is 1. The number of aromatic nitrogens is 3. The van der Waals surface area contributed by atoms with E-state index in [1.807, 2.05) is 18.3 Å². The van der Waals surface area contributed by atoms with Crippen molar-refractivity contribution in [3.05, 3.63) is 65.9 Å². The van der Waals surface area contributed by atoms with E-state index in [2.05, 4.69) is 42.4 Å². The Labute approximate surface area is 195 Å². The number of hydrogen-bond acceptors (Lipinski definition) is 6. The summed E-state index contributed by atoms with van der Waals surface area (Å²) in [5, 5.41) is 7.04. The lowest BCUT2D eigenvalue weighted by molar-refractivity contribution is 0.0966. The van der Waals surface area contributed by atoms with Crippen molar-refractivity contribution >= 4 is 34.0 Å². The van der Waals surface area contributed by atoms with Gasteiger partial charge in [-0.2, -0.15) is 0 Å². The van der Waals surface area contributed by atoms with Gasteiger partial charge in [-0.05, 0) is 37.4 Å². The Kier molecular flexibility index (Phi) is 4.91.